The van der Waals surface area contributed by atoms with Crippen LogP contribution in [0.2, 0.25) is 0 Å². The molecule has 1 N–H and O–H groups in total. The van der Waals surface area contributed by atoms with Crippen molar-refractivity contribution in [1.29, 1.82) is 0 Å². The first-order chi connectivity index (χ1) is 10.8. The van der Waals surface area contributed by atoms with Crippen LogP contribution < -0.4 is 5.32 Å². The summed E-state index contributed by atoms with van der Waals surface area (Å²) in [5.74, 6) is -0.473. The first-order valence-electron chi connectivity index (χ1n) is 6.71. The number of benzene rings is 1. The van der Waals surface area contributed by atoms with Crippen LogP contribution in [0.3, 0.4) is 0 Å². The van der Waals surface area contributed by atoms with E-state index in [1.807, 2.05) is 0 Å². The molecule has 1 aromatic heterocycles. The van der Waals surface area contributed by atoms with Crippen LogP contribution in [0.15, 0.2) is 28.7 Å². The van der Waals surface area contributed by atoms with Crippen molar-refractivity contribution in [2.75, 3.05) is 5.32 Å². The highest BCUT2D eigenvalue weighted by atomic mass is 79.9. The van der Waals surface area contributed by atoms with Crippen molar-refractivity contribution in [3.63, 3.8) is 0 Å². The van der Waals surface area contributed by atoms with E-state index in [2.05, 4.69) is 26.3 Å². The number of aromatic nitrogens is 2. The highest BCUT2D eigenvalue weighted by Gasteiger charge is 2.21. The average Bonchev–Trinajstić information content (AvgIpc) is 2.76. The number of hydrogen-bond donors (Lipinski definition) is 1. The molecule has 1 heterocycles. The van der Waals surface area contributed by atoms with Gasteiger partial charge < -0.3 is 5.32 Å². The van der Waals surface area contributed by atoms with Crippen molar-refractivity contribution in [3.8, 4) is 0 Å². The van der Waals surface area contributed by atoms with Crippen LogP contribution >= 0.6 is 15.9 Å². The molecule has 8 heteroatoms. The van der Waals surface area contributed by atoms with E-state index in [-0.39, 0.29) is 22.5 Å². The number of hydrogen-bond acceptors (Lipinski definition) is 3. The fraction of sp³-hybridized carbons (Fsp3) is 0.267. The van der Waals surface area contributed by atoms with Gasteiger partial charge in [0.05, 0.1) is 10.2 Å². The smallest absolute Gasteiger partial charge is 0.283 e. The van der Waals surface area contributed by atoms with Gasteiger partial charge in [-0.3, -0.25) is 14.3 Å². The highest BCUT2D eigenvalue weighted by molar-refractivity contribution is 9.10. The Balaban J connectivity index is 2.08. The maximum Gasteiger partial charge on any atom is 0.283 e. The number of alkyl halides is 2. The molecule has 0 bridgehead atoms. The molecule has 0 aliphatic rings. The van der Waals surface area contributed by atoms with Gasteiger partial charge in [0.25, 0.3) is 6.43 Å². The van der Waals surface area contributed by atoms with Gasteiger partial charge in [-0.1, -0.05) is 0 Å². The van der Waals surface area contributed by atoms with E-state index < -0.39 is 12.3 Å². The second-order valence-corrected chi connectivity index (χ2v) is 5.72. The molecule has 0 saturated heterocycles. The maximum atomic E-state index is 12.8. The van der Waals surface area contributed by atoms with Crippen molar-refractivity contribution < 1.29 is 18.4 Å². The molecular weight excluding hydrogens is 372 g/mol. The Bertz CT molecular complexity index is 742. The predicted molar refractivity (Wildman–Crippen MR) is 84.7 cm³/mol. The van der Waals surface area contributed by atoms with Gasteiger partial charge in [-0.05, 0) is 54.0 Å². The van der Waals surface area contributed by atoms with Gasteiger partial charge in [0.2, 0.25) is 5.91 Å². The molecule has 0 radical (unpaired) electrons. The van der Waals surface area contributed by atoms with Crippen molar-refractivity contribution in [1.82, 2.24) is 9.78 Å². The lowest BCUT2D eigenvalue weighted by atomic mass is 10.1. The molecule has 1 amide bonds. The number of nitrogens with one attached hydrogen (secondary N) is 1. The Kier molecular flexibility index (Phi) is 5.25. The number of nitrogens with zero attached hydrogens (tertiary/aromatic N) is 2. The zero-order chi connectivity index (χ0) is 17.1. The van der Waals surface area contributed by atoms with E-state index in [9.17, 15) is 18.4 Å². The number of carbonyl (C=O) groups is 2. The van der Waals surface area contributed by atoms with E-state index in [1.54, 1.807) is 31.2 Å². The monoisotopic (exact) mass is 385 g/mol. The molecule has 0 aliphatic carbocycles. The van der Waals surface area contributed by atoms with Crippen LogP contribution in [0.4, 0.5) is 14.5 Å². The molecule has 0 atom stereocenters. The predicted octanol–water partition coefficient (Wildman–Crippen LogP) is 3.73. The van der Waals surface area contributed by atoms with Crippen molar-refractivity contribution in [2.45, 2.75) is 26.8 Å². The van der Waals surface area contributed by atoms with Crippen LogP contribution in [0.1, 0.15) is 35.1 Å². The van der Waals surface area contributed by atoms with Crippen LogP contribution in [0.25, 0.3) is 0 Å². The minimum absolute atomic E-state index is 0.0700. The van der Waals surface area contributed by atoms with Gasteiger partial charge in [-0.15, -0.1) is 0 Å². The molecule has 0 spiro atoms. The molecule has 2 rings (SSSR count). The van der Waals surface area contributed by atoms with Crippen molar-refractivity contribution in [3.05, 3.63) is 45.7 Å². The molecule has 23 heavy (non-hydrogen) atoms. The summed E-state index contributed by atoms with van der Waals surface area (Å²) in [6, 6.07) is 6.40. The number of rotatable bonds is 5. The Hall–Kier alpha value is -2.09. The maximum absolute atomic E-state index is 12.8. The number of Topliss-reactive ketones (excluding diaryl/α,β-unsaturated/α-hetero) is 1. The quantitative estimate of drug-likeness (QED) is 0.797. The minimum Gasteiger partial charge on any atom is -0.324 e. The summed E-state index contributed by atoms with van der Waals surface area (Å²) in [5.41, 5.74) is 1.11. The summed E-state index contributed by atoms with van der Waals surface area (Å²) in [5, 5.41) is 6.37. The van der Waals surface area contributed by atoms with E-state index in [0.29, 0.717) is 16.9 Å². The standard InChI is InChI=1S/C15H14BrF2N3O2/c1-8-13(16)14(15(17)18)20-21(8)7-12(23)19-11-5-3-10(4-6-11)9(2)22/h3-6,15H,7H2,1-2H3,(H,19,23). The Labute approximate surface area is 139 Å². The largest absolute Gasteiger partial charge is 0.324 e. The topological polar surface area (TPSA) is 64.0 Å². The fourth-order valence-electron chi connectivity index (χ4n) is 1.97. The lowest BCUT2D eigenvalue weighted by molar-refractivity contribution is -0.117. The second kappa shape index (κ2) is 6.99. The molecular formula is C15H14BrF2N3O2. The Morgan fingerprint density at radius 2 is 1.91 bits per heavy atom. The van der Waals surface area contributed by atoms with E-state index in [4.69, 9.17) is 0 Å². The molecule has 0 saturated carbocycles. The number of amides is 1. The SMILES string of the molecule is CC(=O)c1ccc(NC(=O)Cn2nc(C(F)F)c(Br)c2C)cc1. The van der Waals surface area contributed by atoms with Crippen molar-refractivity contribution >= 4 is 33.3 Å². The fourth-order valence-corrected chi connectivity index (χ4v) is 2.42. The number of carbonyl (C=O) groups excluding carboxylic acids is 2. The third kappa shape index (κ3) is 4.01. The van der Waals surface area contributed by atoms with Crippen LogP contribution in [0.5, 0.6) is 0 Å². The average molecular weight is 386 g/mol. The number of halogens is 3. The van der Waals surface area contributed by atoms with Gasteiger partial charge in [0, 0.05) is 11.3 Å². The molecule has 5 nitrogen and oxygen atoms in total. The third-order valence-corrected chi connectivity index (χ3v) is 4.21. The summed E-state index contributed by atoms with van der Waals surface area (Å²) >= 11 is 3.05. The van der Waals surface area contributed by atoms with Gasteiger partial charge in [-0.2, -0.15) is 5.10 Å². The summed E-state index contributed by atoms with van der Waals surface area (Å²) in [6.45, 7) is 2.86. The molecule has 1 aromatic carbocycles. The Morgan fingerprint density at radius 3 is 2.39 bits per heavy atom. The first kappa shape index (κ1) is 17.3. The summed E-state index contributed by atoms with van der Waals surface area (Å²) in [4.78, 5) is 23.2. The zero-order valence-electron chi connectivity index (χ0n) is 12.4. The summed E-state index contributed by atoms with van der Waals surface area (Å²) < 4.78 is 27.0. The van der Waals surface area contributed by atoms with Crippen molar-refractivity contribution in [2.24, 2.45) is 0 Å². The highest BCUT2D eigenvalue weighted by Crippen LogP contribution is 2.28. The van der Waals surface area contributed by atoms with Gasteiger partial charge >= 0.3 is 0 Å². The van der Waals surface area contributed by atoms with E-state index in [1.165, 1.54) is 11.6 Å². The second-order valence-electron chi connectivity index (χ2n) is 4.92. The normalized spacial score (nSPS) is 10.9. The minimum atomic E-state index is -2.72. The molecule has 0 unspecified atom stereocenters. The van der Waals surface area contributed by atoms with Gasteiger partial charge in [0.15, 0.2) is 5.78 Å². The lowest BCUT2D eigenvalue weighted by Gasteiger charge is -2.07. The Morgan fingerprint density at radius 1 is 1.30 bits per heavy atom. The van der Waals surface area contributed by atoms with Crippen LogP contribution in [-0.2, 0) is 11.3 Å². The molecule has 2 aromatic rings. The van der Waals surface area contributed by atoms with Gasteiger partial charge in [0.1, 0.15) is 12.2 Å². The van der Waals surface area contributed by atoms with E-state index in [0.717, 1.165) is 0 Å². The summed E-state index contributed by atoms with van der Waals surface area (Å²) in [6.07, 6.45) is -2.72. The molecule has 122 valence electrons. The molecule has 0 fully saturated rings. The summed E-state index contributed by atoms with van der Waals surface area (Å²) in [7, 11) is 0. The lowest BCUT2D eigenvalue weighted by Crippen LogP contribution is -2.20. The zero-order valence-corrected chi connectivity index (χ0v) is 14.0. The molecule has 0 aliphatic heterocycles. The van der Waals surface area contributed by atoms with E-state index >= 15 is 0 Å². The first-order valence-corrected chi connectivity index (χ1v) is 7.50. The number of ketones is 1. The van der Waals surface area contributed by atoms with Gasteiger partial charge in [-0.25, -0.2) is 8.78 Å². The van der Waals surface area contributed by atoms with Crippen LogP contribution in [-0.4, -0.2) is 21.5 Å². The number of anilines is 1. The third-order valence-electron chi connectivity index (χ3n) is 3.23. The van der Waals surface area contributed by atoms with Crippen LogP contribution in [0, 0.1) is 6.92 Å².